The summed E-state index contributed by atoms with van der Waals surface area (Å²) in [6.45, 7) is 3.94. The number of nitrogens with one attached hydrogen (secondary N) is 3. The first kappa shape index (κ1) is 28.5. The molecule has 2 aromatic rings. The molecule has 4 aliphatic rings. The van der Waals surface area contributed by atoms with E-state index in [1.807, 2.05) is 0 Å². The SMILES string of the molecule is CC1CNCCC1(c1cnns1)C1(C(=O)N2C[C@H](S(=O)(=O)c3ccccc3Cl)C[C@H]2C(=O)NC2(C#N)CC2)CCN1. The fourth-order valence-corrected chi connectivity index (χ4v) is 10.2. The van der Waals surface area contributed by atoms with Gasteiger partial charge in [-0.05, 0) is 81.3 Å². The number of piperidine rings is 1. The zero-order valence-corrected chi connectivity index (χ0v) is 25.0. The largest absolute Gasteiger partial charge is 0.336 e. The summed E-state index contributed by atoms with van der Waals surface area (Å²) in [6.07, 6.45) is 3.87. The van der Waals surface area contributed by atoms with Crippen LogP contribution in [0.5, 0.6) is 0 Å². The van der Waals surface area contributed by atoms with Crippen LogP contribution in [0.4, 0.5) is 0 Å². The molecule has 11 nitrogen and oxygen atoms in total. The van der Waals surface area contributed by atoms with Crippen LogP contribution in [0.2, 0.25) is 5.02 Å². The number of halogens is 1. The number of likely N-dealkylation sites (tertiary alicyclic amines) is 1. The van der Waals surface area contributed by atoms with Crippen LogP contribution in [-0.4, -0.2) is 83.3 Å². The summed E-state index contributed by atoms with van der Waals surface area (Å²) in [4.78, 5) is 30.9. The third-order valence-corrected chi connectivity index (χ3v) is 13.0. The molecule has 0 radical (unpaired) electrons. The number of nitrogens with zero attached hydrogens (tertiary/aromatic N) is 4. The van der Waals surface area contributed by atoms with Gasteiger partial charge in [0.2, 0.25) is 11.8 Å². The van der Waals surface area contributed by atoms with Crippen LogP contribution in [-0.2, 0) is 24.8 Å². The van der Waals surface area contributed by atoms with Gasteiger partial charge in [-0.15, -0.1) is 5.10 Å². The summed E-state index contributed by atoms with van der Waals surface area (Å²) in [6, 6.07) is 7.32. The Hall–Kier alpha value is -2.63. The molecule has 3 unspecified atom stereocenters. The second kappa shape index (κ2) is 10.3. The van der Waals surface area contributed by atoms with Crippen LogP contribution in [0.25, 0.3) is 0 Å². The van der Waals surface area contributed by atoms with Crippen molar-refractivity contribution in [1.29, 1.82) is 5.26 Å². The monoisotopic (exact) mass is 617 g/mol. The average Bonchev–Trinajstić information content (AvgIpc) is 3.30. The Balaban J connectivity index is 1.40. The van der Waals surface area contributed by atoms with Crippen molar-refractivity contribution in [3.8, 4) is 6.07 Å². The van der Waals surface area contributed by atoms with Gasteiger partial charge in [0.15, 0.2) is 9.84 Å². The number of nitriles is 1. The first-order chi connectivity index (χ1) is 19.6. The maximum Gasteiger partial charge on any atom is 0.244 e. The van der Waals surface area contributed by atoms with E-state index in [1.165, 1.54) is 28.6 Å². The van der Waals surface area contributed by atoms with E-state index in [9.17, 15) is 23.3 Å². The lowest BCUT2D eigenvalue weighted by atomic mass is 9.54. The van der Waals surface area contributed by atoms with E-state index >= 15 is 0 Å². The van der Waals surface area contributed by atoms with E-state index in [-0.39, 0.29) is 34.7 Å². The number of aromatic nitrogens is 2. The van der Waals surface area contributed by atoms with Crippen molar-refractivity contribution >= 4 is 44.8 Å². The minimum atomic E-state index is -3.98. The predicted octanol–water partition coefficient (Wildman–Crippen LogP) is 1.41. The van der Waals surface area contributed by atoms with E-state index in [1.54, 1.807) is 18.3 Å². The number of rotatable bonds is 7. The molecule has 6 rings (SSSR count). The van der Waals surface area contributed by atoms with Crippen LogP contribution >= 0.6 is 23.1 Å². The highest BCUT2D eigenvalue weighted by Gasteiger charge is 2.66. The Labute approximate surface area is 248 Å². The maximum absolute atomic E-state index is 14.9. The molecule has 1 saturated carbocycles. The standard InChI is InChI=1S/C27H32ClN7O4S2/c1-17-13-30-10-8-26(17,22-14-32-34-40-22)27(9-11-31-27)24(37)35-15-18(41(38,39)21-5-3-2-4-19(21)28)12-20(35)23(36)33-25(16-29)6-7-25/h2-5,14,17-18,20,30-31H,6-13,15H2,1H3,(H,33,36)/t17?,18-,20+,26?,27?/m1/s1. The first-order valence-corrected chi connectivity index (χ1v) is 16.6. The number of benzene rings is 1. The van der Waals surface area contributed by atoms with Gasteiger partial charge in [-0.3, -0.25) is 9.59 Å². The molecule has 1 aliphatic carbocycles. The lowest BCUT2D eigenvalue weighted by molar-refractivity contribution is -0.153. The molecule has 0 bridgehead atoms. The normalized spacial score (nSPS) is 32.5. The van der Waals surface area contributed by atoms with Crippen LogP contribution in [0.15, 0.2) is 35.4 Å². The molecular weight excluding hydrogens is 586 g/mol. The quantitative estimate of drug-likeness (QED) is 0.418. The van der Waals surface area contributed by atoms with Crippen molar-refractivity contribution in [2.75, 3.05) is 26.2 Å². The van der Waals surface area contributed by atoms with Gasteiger partial charge in [-0.1, -0.05) is 35.1 Å². The molecule has 218 valence electrons. The number of amides is 2. The third kappa shape index (κ3) is 4.38. The fraction of sp³-hybridized carbons (Fsp3) is 0.593. The first-order valence-electron chi connectivity index (χ1n) is 13.9. The maximum atomic E-state index is 14.9. The van der Waals surface area contributed by atoms with Gasteiger partial charge in [0.25, 0.3) is 0 Å². The van der Waals surface area contributed by atoms with Crippen molar-refractivity contribution in [3.05, 3.63) is 40.4 Å². The number of hydrogen-bond acceptors (Lipinski definition) is 10. The Bertz CT molecular complexity index is 1500. The summed E-state index contributed by atoms with van der Waals surface area (Å²) in [7, 11) is -3.98. The Morgan fingerprint density at radius 1 is 1.22 bits per heavy atom. The number of sulfone groups is 1. The number of carbonyl (C=O) groups is 2. The van der Waals surface area contributed by atoms with E-state index < -0.39 is 43.5 Å². The van der Waals surface area contributed by atoms with Gasteiger partial charge in [-0.2, -0.15) is 5.26 Å². The zero-order valence-electron chi connectivity index (χ0n) is 22.6. The van der Waals surface area contributed by atoms with Crippen molar-refractivity contribution in [2.45, 2.75) is 71.7 Å². The Morgan fingerprint density at radius 3 is 2.56 bits per heavy atom. The highest BCUT2D eigenvalue weighted by Crippen LogP contribution is 2.52. The van der Waals surface area contributed by atoms with Crippen LogP contribution in [0, 0.1) is 17.2 Å². The number of carbonyl (C=O) groups excluding carboxylic acids is 2. The van der Waals surface area contributed by atoms with Crippen LogP contribution < -0.4 is 16.0 Å². The van der Waals surface area contributed by atoms with Crippen molar-refractivity contribution in [3.63, 3.8) is 0 Å². The Kier molecular flexibility index (Phi) is 7.14. The smallest absolute Gasteiger partial charge is 0.244 e. The van der Waals surface area contributed by atoms with E-state index in [0.717, 1.165) is 4.88 Å². The molecule has 14 heteroatoms. The number of hydrogen-bond donors (Lipinski definition) is 3. The van der Waals surface area contributed by atoms with Gasteiger partial charge in [0.05, 0.1) is 32.3 Å². The molecular formula is C27H32ClN7O4S2. The molecule has 4 fully saturated rings. The highest BCUT2D eigenvalue weighted by atomic mass is 35.5. The van der Waals surface area contributed by atoms with Gasteiger partial charge in [-0.25, -0.2) is 8.42 Å². The van der Waals surface area contributed by atoms with Gasteiger partial charge in [0, 0.05) is 12.0 Å². The van der Waals surface area contributed by atoms with Crippen LogP contribution in [0.3, 0.4) is 0 Å². The highest BCUT2D eigenvalue weighted by molar-refractivity contribution is 7.92. The van der Waals surface area contributed by atoms with Crippen LogP contribution in [0.1, 0.15) is 43.9 Å². The van der Waals surface area contributed by atoms with E-state index in [2.05, 4.69) is 38.5 Å². The minimum absolute atomic E-state index is 0.0218. The summed E-state index contributed by atoms with van der Waals surface area (Å²) in [5, 5.41) is 22.5. The second-order valence-corrected chi connectivity index (χ2v) is 15.1. The molecule has 41 heavy (non-hydrogen) atoms. The third-order valence-electron chi connectivity index (χ3n) is 9.58. The molecule has 4 heterocycles. The topological polar surface area (TPSA) is 157 Å². The van der Waals surface area contributed by atoms with Gasteiger partial charge < -0.3 is 20.9 Å². The van der Waals surface area contributed by atoms with Gasteiger partial charge in [0.1, 0.15) is 17.1 Å². The van der Waals surface area contributed by atoms with Crippen molar-refractivity contribution in [1.82, 2.24) is 30.4 Å². The molecule has 3 N–H and O–H groups in total. The molecule has 1 aromatic carbocycles. The van der Waals surface area contributed by atoms with E-state index in [4.69, 9.17) is 11.6 Å². The molecule has 1 aromatic heterocycles. The fourth-order valence-electron chi connectivity index (χ4n) is 7.03. The molecule has 5 atom stereocenters. The summed E-state index contributed by atoms with van der Waals surface area (Å²) in [5.74, 6) is -0.776. The molecule has 3 saturated heterocycles. The summed E-state index contributed by atoms with van der Waals surface area (Å²) in [5.41, 5.74) is -2.67. The molecule has 0 spiro atoms. The molecule has 2 amide bonds. The van der Waals surface area contributed by atoms with Crippen molar-refractivity contribution in [2.24, 2.45) is 5.92 Å². The average molecular weight is 618 g/mol. The lowest BCUT2D eigenvalue weighted by Gasteiger charge is -2.60. The summed E-state index contributed by atoms with van der Waals surface area (Å²) >= 11 is 7.57. The zero-order chi connectivity index (χ0) is 29.0. The molecule has 3 aliphatic heterocycles. The van der Waals surface area contributed by atoms with E-state index in [0.29, 0.717) is 45.3 Å². The Morgan fingerprint density at radius 2 is 1.98 bits per heavy atom. The second-order valence-electron chi connectivity index (χ2n) is 11.7. The summed E-state index contributed by atoms with van der Waals surface area (Å²) < 4.78 is 31.8. The lowest BCUT2D eigenvalue weighted by Crippen LogP contribution is -2.79. The minimum Gasteiger partial charge on any atom is -0.336 e. The predicted molar refractivity (Wildman–Crippen MR) is 152 cm³/mol. The van der Waals surface area contributed by atoms with Crippen molar-refractivity contribution < 1.29 is 18.0 Å². The van der Waals surface area contributed by atoms with Gasteiger partial charge >= 0.3 is 0 Å².